The molecule has 0 radical (unpaired) electrons. The summed E-state index contributed by atoms with van der Waals surface area (Å²) < 4.78 is 0. The molecule has 1 rings (SSSR count). The maximum absolute atomic E-state index is 5.54. The van der Waals surface area contributed by atoms with Gasteiger partial charge in [0.15, 0.2) is 0 Å². The summed E-state index contributed by atoms with van der Waals surface area (Å²) in [6, 6.07) is -0.0303. The topological polar surface area (TPSA) is 51.8 Å². The van der Waals surface area contributed by atoms with E-state index in [1.165, 1.54) is 0 Å². The fourth-order valence-corrected chi connectivity index (χ4v) is 0.655. The smallest absolute Gasteiger partial charge is 0.222 e. The molecule has 2 N–H and O–H groups in total. The zero-order valence-corrected chi connectivity index (χ0v) is 7.56. The van der Waals surface area contributed by atoms with Crippen LogP contribution in [0.3, 0.4) is 0 Å². The number of nitrogens with two attached hydrogens (primary N) is 1. The maximum Gasteiger partial charge on any atom is 0.222 e. The van der Waals surface area contributed by atoms with Crippen LogP contribution in [0.1, 0.15) is 18.5 Å². The lowest BCUT2D eigenvalue weighted by Gasteiger charge is -2.01. The molecular formula is C6H9Cl2N3. The highest BCUT2D eigenvalue weighted by atomic mass is 35.5. The van der Waals surface area contributed by atoms with Crippen LogP contribution in [0, 0.1) is 0 Å². The number of aromatic nitrogens is 2. The molecule has 5 heteroatoms. The van der Waals surface area contributed by atoms with Crippen LogP contribution in [-0.2, 0) is 0 Å². The first kappa shape index (κ1) is 10.6. The van der Waals surface area contributed by atoms with E-state index in [4.69, 9.17) is 17.3 Å². The van der Waals surface area contributed by atoms with Crippen molar-refractivity contribution in [3.05, 3.63) is 23.2 Å². The lowest BCUT2D eigenvalue weighted by molar-refractivity contribution is 0.802. The van der Waals surface area contributed by atoms with Gasteiger partial charge < -0.3 is 5.73 Å². The summed E-state index contributed by atoms with van der Waals surface area (Å²) in [4.78, 5) is 7.55. The van der Waals surface area contributed by atoms with Crippen molar-refractivity contribution in [2.75, 3.05) is 0 Å². The van der Waals surface area contributed by atoms with Gasteiger partial charge in [-0.15, -0.1) is 12.4 Å². The third-order valence-corrected chi connectivity index (χ3v) is 1.36. The Labute approximate surface area is 76.4 Å². The molecule has 1 aromatic heterocycles. The molecule has 1 aromatic rings. The number of nitrogens with zero attached hydrogens (tertiary/aromatic N) is 2. The molecule has 0 unspecified atom stereocenters. The minimum absolute atomic E-state index is 0. The van der Waals surface area contributed by atoms with Gasteiger partial charge in [0.1, 0.15) is 0 Å². The normalized spacial score (nSPS) is 11.9. The largest absolute Gasteiger partial charge is 0.324 e. The highest BCUT2D eigenvalue weighted by molar-refractivity contribution is 6.28. The number of halogens is 2. The second kappa shape index (κ2) is 4.49. The summed E-state index contributed by atoms with van der Waals surface area (Å²) >= 11 is 5.45. The molecule has 0 fully saturated rings. The second-order valence-corrected chi connectivity index (χ2v) is 2.41. The van der Waals surface area contributed by atoms with E-state index < -0.39 is 0 Å². The first-order valence-corrected chi connectivity index (χ1v) is 3.31. The summed E-state index contributed by atoms with van der Waals surface area (Å²) in [5.41, 5.74) is 6.43. The van der Waals surface area contributed by atoms with E-state index in [1.54, 1.807) is 12.4 Å². The SMILES string of the molecule is C[C@H](N)c1cnc(Cl)nc1.Cl. The van der Waals surface area contributed by atoms with Gasteiger partial charge in [0.2, 0.25) is 5.28 Å². The molecular weight excluding hydrogens is 185 g/mol. The molecule has 3 nitrogen and oxygen atoms in total. The average Bonchev–Trinajstić information content (AvgIpc) is 1.88. The molecule has 0 amide bonds. The summed E-state index contributed by atoms with van der Waals surface area (Å²) in [7, 11) is 0. The molecule has 0 aromatic carbocycles. The summed E-state index contributed by atoms with van der Waals surface area (Å²) in [5, 5.41) is 0.254. The first-order chi connectivity index (χ1) is 4.70. The molecule has 1 heterocycles. The lowest BCUT2D eigenvalue weighted by Crippen LogP contribution is -2.05. The quantitative estimate of drug-likeness (QED) is 0.690. The van der Waals surface area contributed by atoms with Crippen molar-refractivity contribution in [3.8, 4) is 0 Å². The zero-order chi connectivity index (χ0) is 7.56. The lowest BCUT2D eigenvalue weighted by atomic mass is 10.2. The Bertz CT molecular complexity index is 210. The third kappa shape index (κ3) is 3.01. The maximum atomic E-state index is 5.54. The van der Waals surface area contributed by atoms with Crippen LogP contribution < -0.4 is 5.73 Å². The Hall–Kier alpha value is -0.380. The van der Waals surface area contributed by atoms with Crippen LogP contribution in [-0.4, -0.2) is 9.97 Å². The van der Waals surface area contributed by atoms with Crippen molar-refractivity contribution in [1.29, 1.82) is 0 Å². The second-order valence-electron chi connectivity index (χ2n) is 2.07. The van der Waals surface area contributed by atoms with Gasteiger partial charge in [0.05, 0.1) is 0 Å². The van der Waals surface area contributed by atoms with Crippen LogP contribution in [0.15, 0.2) is 12.4 Å². The van der Waals surface area contributed by atoms with Crippen LogP contribution >= 0.6 is 24.0 Å². The fourth-order valence-electron chi connectivity index (χ4n) is 0.557. The van der Waals surface area contributed by atoms with E-state index >= 15 is 0 Å². The first-order valence-electron chi connectivity index (χ1n) is 2.93. The van der Waals surface area contributed by atoms with Gasteiger partial charge >= 0.3 is 0 Å². The van der Waals surface area contributed by atoms with Gasteiger partial charge in [-0.25, -0.2) is 9.97 Å². The Morgan fingerprint density at radius 3 is 2.27 bits per heavy atom. The molecule has 0 aliphatic rings. The van der Waals surface area contributed by atoms with E-state index in [0.29, 0.717) is 0 Å². The molecule has 11 heavy (non-hydrogen) atoms. The molecule has 62 valence electrons. The molecule has 0 saturated heterocycles. The molecule has 0 spiro atoms. The van der Waals surface area contributed by atoms with Gasteiger partial charge in [-0.1, -0.05) is 0 Å². The molecule has 0 saturated carbocycles. The van der Waals surface area contributed by atoms with Crippen molar-refractivity contribution < 1.29 is 0 Å². The molecule has 0 bridgehead atoms. The van der Waals surface area contributed by atoms with E-state index in [9.17, 15) is 0 Å². The third-order valence-electron chi connectivity index (χ3n) is 1.17. The van der Waals surface area contributed by atoms with Crippen molar-refractivity contribution in [1.82, 2.24) is 9.97 Å². The molecule has 0 aliphatic carbocycles. The predicted molar refractivity (Wildman–Crippen MR) is 46.9 cm³/mol. The van der Waals surface area contributed by atoms with E-state index in [1.807, 2.05) is 6.92 Å². The molecule has 1 atom stereocenters. The van der Waals surface area contributed by atoms with Crippen LogP contribution in [0.25, 0.3) is 0 Å². The number of hydrogen-bond acceptors (Lipinski definition) is 3. The van der Waals surface area contributed by atoms with Crippen molar-refractivity contribution in [2.24, 2.45) is 5.73 Å². The Kier molecular flexibility index (Phi) is 4.33. The Morgan fingerprint density at radius 2 is 1.91 bits per heavy atom. The van der Waals surface area contributed by atoms with Gasteiger partial charge in [-0.2, -0.15) is 0 Å². The van der Waals surface area contributed by atoms with Crippen molar-refractivity contribution in [2.45, 2.75) is 13.0 Å². The summed E-state index contributed by atoms with van der Waals surface area (Å²) in [6.07, 6.45) is 3.25. The Balaban J connectivity index is 0.000001000. The monoisotopic (exact) mass is 193 g/mol. The fraction of sp³-hybridized carbons (Fsp3) is 0.333. The van der Waals surface area contributed by atoms with E-state index in [-0.39, 0.29) is 23.7 Å². The highest BCUT2D eigenvalue weighted by Gasteiger charge is 1.98. The highest BCUT2D eigenvalue weighted by Crippen LogP contribution is 2.06. The van der Waals surface area contributed by atoms with Gasteiger partial charge in [0.25, 0.3) is 0 Å². The van der Waals surface area contributed by atoms with Crippen LogP contribution in [0.5, 0.6) is 0 Å². The summed E-state index contributed by atoms with van der Waals surface area (Å²) in [5.74, 6) is 0. The van der Waals surface area contributed by atoms with Crippen molar-refractivity contribution in [3.63, 3.8) is 0 Å². The summed E-state index contributed by atoms with van der Waals surface area (Å²) in [6.45, 7) is 1.87. The zero-order valence-electron chi connectivity index (χ0n) is 5.99. The van der Waals surface area contributed by atoms with E-state index in [2.05, 4.69) is 9.97 Å². The number of rotatable bonds is 1. The van der Waals surface area contributed by atoms with Crippen LogP contribution in [0.2, 0.25) is 5.28 Å². The molecule has 0 aliphatic heterocycles. The number of hydrogen-bond donors (Lipinski definition) is 1. The van der Waals surface area contributed by atoms with Crippen LogP contribution in [0.4, 0.5) is 0 Å². The minimum Gasteiger partial charge on any atom is -0.324 e. The standard InChI is InChI=1S/C6H8ClN3.ClH/c1-4(8)5-2-9-6(7)10-3-5;/h2-4H,8H2,1H3;1H/t4-;/m0./s1. The Morgan fingerprint density at radius 1 is 1.45 bits per heavy atom. The van der Waals surface area contributed by atoms with E-state index in [0.717, 1.165) is 5.56 Å². The minimum atomic E-state index is -0.0303. The van der Waals surface area contributed by atoms with Gasteiger partial charge in [-0.05, 0) is 18.5 Å². The van der Waals surface area contributed by atoms with Gasteiger partial charge in [-0.3, -0.25) is 0 Å². The van der Waals surface area contributed by atoms with Crippen molar-refractivity contribution >= 4 is 24.0 Å². The predicted octanol–water partition coefficient (Wildman–Crippen LogP) is 1.57. The van der Waals surface area contributed by atoms with Gasteiger partial charge in [0, 0.05) is 24.0 Å². The average molecular weight is 194 g/mol.